The number of hydrogen-bond acceptors (Lipinski definition) is 7. The molecule has 1 aromatic heterocycles. The molecule has 5 fully saturated rings. The van der Waals surface area contributed by atoms with E-state index in [-0.39, 0.29) is 0 Å². The second-order valence-corrected chi connectivity index (χ2v) is 12.0. The maximum atomic E-state index is 9.68. The van der Waals surface area contributed by atoms with Crippen molar-refractivity contribution in [3.05, 3.63) is 46.6 Å². The van der Waals surface area contributed by atoms with Crippen molar-refractivity contribution in [2.24, 2.45) is 23.2 Å². The zero-order valence-electron chi connectivity index (χ0n) is 20.8. The van der Waals surface area contributed by atoms with Crippen LogP contribution < -0.4 is 21.3 Å². The molecule has 1 saturated heterocycles. The van der Waals surface area contributed by atoms with E-state index in [1.165, 1.54) is 44.9 Å². The van der Waals surface area contributed by atoms with Crippen LogP contribution in [0.25, 0.3) is 0 Å². The van der Waals surface area contributed by atoms with Gasteiger partial charge >= 0.3 is 0 Å². The SMILES string of the molecule is N#Cc1cnc(NCc2ccccc2Cl)nc1NCC12CC3C[C@H](C1)C(NC1CCNCC1)[C@@H](C3)C2. The van der Waals surface area contributed by atoms with Crippen molar-refractivity contribution in [2.45, 2.75) is 63.6 Å². The monoisotopic (exact) mass is 505 g/mol. The lowest BCUT2D eigenvalue weighted by Gasteiger charge is -2.61. The van der Waals surface area contributed by atoms with Crippen LogP contribution in [0.1, 0.15) is 56.1 Å². The van der Waals surface area contributed by atoms with E-state index in [0.717, 1.165) is 43.0 Å². The normalized spacial score (nSPS) is 31.2. The summed E-state index contributed by atoms with van der Waals surface area (Å²) in [5.74, 6) is 3.55. The first-order chi connectivity index (χ1) is 17.6. The second kappa shape index (κ2) is 10.2. The zero-order valence-corrected chi connectivity index (χ0v) is 21.5. The Morgan fingerprint density at radius 3 is 2.61 bits per heavy atom. The zero-order chi connectivity index (χ0) is 24.5. The van der Waals surface area contributed by atoms with E-state index in [1.807, 2.05) is 24.3 Å². The van der Waals surface area contributed by atoms with Crippen molar-refractivity contribution in [1.82, 2.24) is 20.6 Å². The number of aromatic nitrogens is 2. The molecule has 7 rings (SSSR count). The van der Waals surface area contributed by atoms with Crippen molar-refractivity contribution < 1.29 is 0 Å². The third-order valence-electron chi connectivity index (χ3n) is 9.10. The molecule has 1 aliphatic heterocycles. The smallest absolute Gasteiger partial charge is 0.224 e. The number of hydrogen-bond donors (Lipinski definition) is 4. The molecule has 0 radical (unpaired) electrons. The van der Waals surface area contributed by atoms with Gasteiger partial charge in [-0.15, -0.1) is 0 Å². The highest BCUT2D eigenvalue weighted by Gasteiger charge is 2.55. The summed E-state index contributed by atoms with van der Waals surface area (Å²) in [5, 5.41) is 24.9. The summed E-state index contributed by atoms with van der Waals surface area (Å²) in [6.07, 6.45) is 10.7. The number of nitrogens with one attached hydrogen (secondary N) is 4. The van der Waals surface area contributed by atoms with Gasteiger partial charge in [0, 0.05) is 30.2 Å². The molecule has 5 aliphatic rings. The fourth-order valence-corrected chi connectivity index (χ4v) is 7.92. The minimum absolute atomic E-state index is 0.311. The van der Waals surface area contributed by atoms with Gasteiger partial charge in [-0.2, -0.15) is 10.2 Å². The van der Waals surface area contributed by atoms with Crippen molar-refractivity contribution >= 4 is 23.4 Å². The Morgan fingerprint density at radius 2 is 1.86 bits per heavy atom. The molecule has 0 amide bonds. The molecule has 4 N–H and O–H groups in total. The predicted molar refractivity (Wildman–Crippen MR) is 143 cm³/mol. The summed E-state index contributed by atoms with van der Waals surface area (Å²) in [5.41, 5.74) is 1.79. The highest BCUT2D eigenvalue weighted by molar-refractivity contribution is 6.31. The molecule has 1 aromatic carbocycles. The number of anilines is 2. The van der Waals surface area contributed by atoms with Crippen LogP contribution in [0.3, 0.4) is 0 Å². The first-order valence-electron chi connectivity index (χ1n) is 13.6. The average molecular weight is 506 g/mol. The minimum atomic E-state index is 0.311. The molecule has 5 atom stereocenters. The number of piperidine rings is 1. The standard InChI is InChI=1S/C28H36ClN7/c29-24-4-2-1-3-19(24)15-32-27-33-16-22(14-30)26(36-27)34-17-28-11-18-9-20(12-28)25(21(10-18)13-28)35-23-5-7-31-8-6-23/h1-4,16,18,20-21,23,25,31,35H,5-13,15,17H2,(H2,32,33,34,36)/t18?,20-,21+,25?,28?. The maximum absolute atomic E-state index is 9.68. The number of halogens is 1. The molecule has 4 bridgehead atoms. The molecule has 3 unspecified atom stereocenters. The molecule has 0 spiro atoms. The topological polar surface area (TPSA) is 97.7 Å². The van der Waals surface area contributed by atoms with Crippen LogP contribution in [0.2, 0.25) is 5.02 Å². The summed E-state index contributed by atoms with van der Waals surface area (Å²) < 4.78 is 0. The summed E-state index contributed by atoms with van der Waals surface area (Å²) in [6, 6.07) is 11.4. The third kappa shape index (κ3) is 4.91. The van der Waals surface area contributed by atoms with Gasteiger partial charge in [-0.3, -0.25) is 0 Å². The number of nitrogens with zero attached hydrogens (tertiary/aromatic N) is 3. The van der Waals surface area contributed by atoms with Gasteiger partial charge in [0.05, 0.1) is 6.20 Å². The fraction of sp³-hybridized carbons (Fsp3) is 0.607. The lowest BCUT2D eigenvalue weighted by Crippen LogP contribution is -2.61. The van der Waals surface area contributed by atoms with Crippen LogP contribution in [-0.2, 0) is 6.54 Å². The Morgan fingerprint density at radius 1 is 1.08 bits per heavy atom. The van der Waals surface area contributed by atoms with Gasteiger partial charge in [-0.1, -0.05) is 29.8 Å². The Balaban J connectivity index is 1.12. The summed E-state index contributed by atoms with van der Waals surface area (Å²) in [6.45, 7) is 3.70. The first-order valence-corrected chi connectivity index (χ1v) is 13.9. The minimum Gasteiger partial charge on any atom is -0.368 e. The maximum Gasteiger partial charge on any atom is 0.224 e. The molecule has 7 nitrogen and oxygen atoms in total. The third-order valence-corrected chi connectivity index (χ3v) is 9.47. The number of nitriles is 1. The Labute approximate surface area is 218 Å². The van der Waals surface area contributed by atoms with Gasteiger partial charge in [-0.25, -0.2) is 4.98 Å². The predicted octanol–water partition coefficient (Wildman–Crippen LogP) is 4.56. The second-order valence-electron chi connectivity index (χ2n) is 11.6. The molecular weight excluding hydrogens is 470 g/mol. The first kappa shape index (κ1) is 24.0. The fourth-order valence-electron chi connectivity index (χ4n) is 7.71. The molecule has 8 heteroatoms. The van der Waals surface area contributed by atoms with E-state index in [2.05, 4.69) is 37.3 Å². The van der Waals surface area contributed by atoms with E-state index < -0.39 is 0 Å². The van der Waals surface area contributed by atoms with E-state index in [4.69, 9.17) is 11.6 Å². The largest absolute Gasteiger partial charge is 0.368 e. The lowest BCUT2D eigenvalue weighted by atomic mass is 9.48. The van der Waals surface area contributed by atoms with Crippen molar-refractivity contribution in [3.63, 3.8) is 0 Å². The summed E-state index contributed by atoms with van der Waals surface area (Å²) in [7, 11) is 0. The Hall–Kier alpha value is -2.40. The van der Waals surface area contributed by atoms with E-state index in [1.54, 1.807) is 6.20 Å². The van der Waals surface area contributed by atoms with Crippen LogP contribution >= 0.6 is 11.6 Å². The van der Waals surface area contributed by atoms with E-state index in [0.29, 0.717) is 46.4 Å². The van der Waals surface area contributed by atoms with E-state index in [9.17, 15) is 5.26 Å². The van der Waals surface area contributed by atoms with Gasteiger partial charge in [0.1, 0.15) is 17.5 Å². The van der Waals surface area contributed by atoms with Crippen LogP contribution in [0.4, 0.5) is 11.8 Å². The van der Waals surface area contributed by atoms with Crippen LogP contribution in [-0.4, -0.2) is 41.7 Å². The molecule has 4 saturated carbocycles. The molecule has 4 aliphatic carbocycles. The molecule has 2 aromatic rings. The highest BCUT2D eigenvalue weighted by atomic mass is 35.5. The van der Waals surface area contributed by atoms with Gasteiger partial charge in [0.25, 0.3) is 0 Å². The Kier molecular flexibility index (Phi) is 6.76. The van der Waals surface area contributed by atoms with Gasteiger partial charge in [0.15, 0.2) is 0 Å². The highest BCUT2D eigenvalue weighted by Crippen LogP contribution is 2.60. The summed E-state index contributed by atoms with van der Waals surface area (Å²) in [4.78, 5) is 9.03. The van der Waals surface area contributed by atoms with Crippen molar-refractivity contribution in [2.75, 3.05) is 30.3 Å². The van der Waals surface area contributed by atoms with Crippen molar-refractivity contribution in [3.8, 4) is 6.07 Å². The molecular formula is C28H36ClN7. The average Bonchev–Trinajstić information content (AvgIpc) is 2.89. The van der Waals surface area contributed by atoms with Gasteiger partial charge in [0.2, 0.25) is 5.95 Å². The summed E-state index contributed by atoms with van der Waals surface area (Å²) >= 11 is 6.29. The van der Waals surface area contributed by atoms with Crippen LogP contribution in [0, 0.1) is 34.5 Å². The number of rotatable bonds is 8. The lowest BCUT2D eigenvalue weighted by molar-refractivity contribution is -0.0727. The van der Waals surface area contributed by atoms with Crippen LogP contribution in [0.15, 0.2) is 30.5 Å². The number of benzene rings is 1. The van der Waals surface area contributed by atoms with E-state index >= 15 is 0 Å². The molecule has 2 heterocycles. The Bertz CT molecular complexity index is 1110. The van der Waals surface area contributed by atoms with Crippen molar-refractivity contribution in [1.29, 1.82) is 5.26 Å². The van der Waals surface area contributed by atoms with Crippen LogP contribution in [0.5, 0.6) is 0 Å². The molecule has 36 heavy (non-hydrogen) atoms. The quantitative estimate of drug-likeness (QED) is 0.417. The van der Waals surface area contributed by atoms with Gasteiger partial charge < -0.3 is 21.3 Å². The van der Waals surface area contributed by atoms with Gasteiger partial charge in [-0.05, 0) is 92.8 Å². The molecule has 190 valence electrons.